The van der Waals surface area contributed by atoms with Crippen LogP contribution >= 0.6 is 0 Å². The molecule has 6 heteroatoms. The number of nitrogens with two attached hydrogens (primary N) is 1. The molecular formula is C16H16N6. The lowest BCUT2D eigenvalue weighted by Crippen LogP contribution is -2.38. The van der Waals surface area contributed by atoms with Crippen molar-refractivity contribution < 1.29 is 0 Å². The van der Waals surface area contributed by atoms with Gasteiger partial charge in [-0.2, -0.15) is 0 Å². The van der Waals surface area contributed by atoms with E-state index in [-0.39, 0.29) is 6.04 Å². The fourth-order valence-electron chi connectivity index (χ4n) is 2.75. The molecule has 4 rings (SSSR count). The zero-order valence-electron chi connectivity index (χ0n) is 12.4. The molecule has 0 saturated carbocycles. The normalized spacial score (nSPS) is 18.6. The van der Waals surface area contributed by atoms with Crippen molar-refractivity contribution in [3.8, 4) is 0 Å². The molecule has 0 unspecified atom stereocenters. The van der Waals surface area contributed by atoms with Gasteiger partial charge in [-0.05, 0) is 26.0 Å². The smallest absolute Gasteiger partial charge is 0.162 e. The van der Waals surface area contributed by atoms with Crippen LogP contribution in [0.1, 0.15) is 19.4 Å². The summed E-state index contributed by atoms with van der Waals surface area (Å²) in [7, 11) is 0. The number of rotatable bonds is 1. The molecular weight excluding hydrogens is 276 g/mol. The van der Waals surface area contributed by atoms with Crippen LogP contribution in [-0.4, -0.2) is 16.0 Å². The lowest BCUT2D eigenvalue weighted by Gasteiger charge is -2.22. The van der Waals surface area contributed by atoms with Gasteiger partial charge in [-0.1, -0.05) is 18.2 Å². The largest absolute Gasteiger partial charge is 0.383 e. The number of nitrogen functional groups attached to an aromatic ring is 1. The maximum absolute atomic E-state index is 6.09. The molecule has 1 aromatic heterocycles. The van der Waals surface area contributed by atoms with Gasteiger partial charge in [-0.15, -0.1) is 0 Å². The Bertz CT molecular complexity index is 875. The second-order valence-corrected chi connectivity index (χ2v) is 5.61. The van der Waals surface area contributed by atoms with E-state index in [0.29, 0.717) is 5.82 Å². The molecule has 0 aliphatic carbocycles. The molecule has 0 fully saturated rings. The summed E-state index contributed by atoms with van der Waals surface area (Å²) in [6.07, 6.45) is 3.54. The van der Waals surface area contributed by atoms with Crippen molar-refractivity contribution in [3.05, 3.63) is 52.4 Å². The van der Waals surface area contributed by atoms with Crippen molar-refractivity contribution in [2.45, 2.75) is 19.9 Å². The minimum atomic E-state index is 0.231. The van der Waals surface area contributed by atoms with Crippen molar-refractivity contribution in [2.75, 3.05) is 10.7 Å². The number of hydrogen-bond acceptors (Lipinski definition) is 6. The zero-order chi connectivity index (χ0) is 15.3. The van der Waals surface area contributed by atoms with E-state index in [1.807, 2.05) is 29.3 Å². The molecule has 1 aromatic carbocycles. The predicted molar refractivity (Wildman–Crippen MR) is 85.8 cm³/mol. The average Bonchev–Trinajstić information content (AvgIpc) is 3.08. The molecule has 2 aliphatic heterocycles. The number of nitrogens with one attached hydrogen (secondary N) is 1. The highest BCUT2D eigenvalue weighted by Gasteiger charge is 2.31. The Balaban J connectivity index is 1.96. The number of benzene rings is 1. The number of nitrogens with zero attached hydrogens (tertiary/aromatic N) is 4. The van der Waals surface area contributed by atoms with Gasteiger partial charge in [0.05, 0.1) is 22.3 Å². The van der Waals surface area contributed by atoms with E-state index in [1.54, 1.807) is 0 Å². The number of fused-ring (bicyclic) bond motifs is 2. The van der Waals surface area contributed by atoms with E-state index < -0.39 is 0 Å². The summed E-state index contributed by atoms with van der Waals surface area (Å²) in [6.45, 7) is 4.18. The molecule has 0 amide bonds. The first-order valence-electron chi connectivity index (χ1n) is 7.21. The van der Waals surface area contributed by atoms with E-state index in [2.05, 4.69) is 35.3 Å². The van der Waals surface area contributed by atoms with Gasteiger partial charge in [0.2, 0.25) is 0 Å². The summed E-state index contributed by atoms with van der Waals surface area (Å²) in [5, 5.41) is 4.06. The molecule has 0 radical (unpaired) electrons. The number of aromatic nitrogens is 2. The first kappa shape index (κ1) is 12.8. The Morgan fingerprint density at radius 1 is 1.18 bits per heavy atom. The molecule has 3 N–H and O–H groups in total. The summed E-state index contributed by atoms with van der Waals surface area (Å²) in [5.74, 6) is 1.26. The third-order valence-corrected chi connectivity index (χ3v) is 3.81. The van der Waals surface area contributed by atoms with E-state index in [0.717, 1.165) is 33.4 Å². The van der Waals surface area contributed by atoms with Gasteiger partial charge in [0.1, 0.15) is 12.1 Å². The zero-order valence-corrected chi connectivity index (χ0v) is 12.4. The van der Waals surface area contributed by atoms with E-state index >= 15 is 0 Å². The fraction of sp³-hybridized carbons (Fsp3) is 0.188. The van der Waals surface area contributed by atoms with Crippen LogP contribution in [0.5, 0.6) is 0 Å². The van der Waals surface area contributed by atoms with Crippen molar-refractivity contribution >= 4 is 23.4 Å². The molecule has 2 aromatic rings. The van der Waals surface area contributed by atoms with Gasteiger partial charge in [-0.3, -0.25) is 10.4 Å². The highest BCUT2D eigenvalue weighted by molar-refractivity contribution is 5.90. The minimum absolute atomic E-state index is 0.231. The molecule has 0 atom stereocenters. The van der Waals surface area contributed by atoms with Crippen molar-refractivity contribution in [2.24, 2.45) is 4.99 Å². The van der Waals surface area contributed by atoms with Gasteiger partial charge in [-0.25, -0.2) is 15.0 Å². The van der Waals surface area contributed by atoms with Gasteiger partial charge >= 0.3 is 0 Å². The quantitative estimate of drug-likeness (QED) is 0.803. The molecule has 3 heterocycles. The van der Waals surface area contributed by atoms with E-state index in [1.165, 1.54) is 6.33 Å². The number of para-hydroxylation sites is 1. The maximum Gasteiger partial charge on any atom is 0.162 e. The minimum Gasteiger partial charge on any atom is -0.383 e. The summed E-state index contributed by atoms with van der Waals surface area (Å²) >= 11 is 0. The molecule has 2 aliphatic rings. The predicted octanol–water partition coefficient (Wildman–Crippen LogP) is 0.574. The topological polar surface area (TPSA) is 79.4 Å². The number of allylic oxidation sites excluding steroid dienone is 1. The third-order valence-electron chi connectivity index (χ3n) is 3.81. The first-order chi connectivity index (χ1) is 10.6. The van der Waals surface area contributed by atoms with Crippen LogP contribution < -0.4 is 26.7 Å². The fourth-order valence-corrected chi connectivity index (χ4v) is 2.75. The standard InChI is InChI=1S/C16H16N6/c1-9(2)22-16-13(15(17)18-8-19-16)14(21-22)12-7-10-5-3-4-6-11(10)20-12/h3-9,21H,1-2H3,(H2,17,18,19)/b14-12-. The van der Waals surface area contributed by atoms with Gasteiger partial charge in [0.25, 0.3) is 0 Å². The van der Waals surface area contributed by atoms with Crippen LogP contribution in [0.25, 0.3) is 11.8 Å². The molecule has 22 heavy (non-hydrogen) atoms. The van der Waals surface area contributed by atoms with Crippen LogP contribution in [0.2, 0.25) is 0 Å². The monoisotopic (exact) mass is 292 g/mol. The third kappa shape index (κ3) is 1.77. The average molecular weight is 292 g/mol. The van der Waals surface area contributed by atoms with Crippen LogP contribution in [-0.2, 0) is 0 Å². The first-order valence-corrected chi connectivity index (χ1v) is 7.21. The van der Waals surface area contributed by atoms with E-state index in [4.69, 9.17) is 10.7 Å². The van der Waals surface area contributed by atoms with Crippen LogP contribution in [0.3, 0.4) is 0 Å². The van der Waals surface area contributed by atoms with Crippen LogP contribution in [0.15, 0.2) is 41.3 Å². The summed E-state index contributed by atoms with van der Waals surface area (Å²) in [4.78, 5) is 13.2. The lowest BCUT2D eigenvalue weighted by atomic mass is 10.1. The Kier molecular flexibility index (Phi) is 2.66. The van der Waals surface area contributed by atoms with Gasteiger partial charge < -0.3 is 5.73 Å². The van der Waals surface area contributed by atoms with Gasteiger partial charge in [0.15, 0.2) is 5.82 Å². The van der Waals surface area contributed by atoms with Crippen molar-refractivity contribution in [3.63, 3.8) is 0 Å². The number of hydrazine groups is 1. The van der Waals surface area contributed by atoms with Crippen LogP contribution in [0, 0.1) is 0 Å². The number of anilines is 2. The molecule has 110 valence electrons. The Labute approximate surface area is 127 Å². The maximum atomic E-state index is 6.09. The summed E-state index contributed by atoms with van der Waals surface area (Å²) < 4.78 is 0. The van der Waals surface area contributed by atoms with E-state index in [9.17, 15) is 0 Å². The van der Waals surface area contributed by atoms with Gasteiger partial charge in [0, 0.05) is 11.3 Å². The Hall–Kier alpha value is -2.89. The second-order valence-electron chi connectivity index (χ2n) is 5.61. The van der Waals surface area contributed by atoms with Crippen LogP contribution in [0.4, 0.5) is 11.6 Å². The molecule has 0 bridgehead atoms. The second kappa shape index (κ2) is 4.56. The highest BCUT2D eigenvalue weighted by atomic mass is 15.6. The summed E-state index contributed by atoms with van der Waals surface area (Å²) in [5.41, 5.74) is 12.0. The number of hydrogen-bond donors (Lipinski definition) is 2. The SMILES string of the molecule is CC(C)N1N/C(=C2/C=c3ccccc3=N2)c2c(N)ncnc21. The highest BCUT2D eigenvalue weighted by Crippen LogP contribution is 2.36. The Morgan fingerprint density at radius 2 is 2.00 bits per heavy atom. The molecule has 0 saturated heterocycles. The summed E-state index contributed by atoms with van der Waals surface area (Å²) in [6, 6.07) is 8.27. The molecule has 0 spiro atoms. The molecule has 6 nitrogen and oxygen atoms in total. The van der Waals surface area contributed by atoms with Crippen molar-refractivity contribution in [1.82, 2.24) is 15.4 Å². The lowest BCUT2D eigenvalue weighted by molar-refractivity contribution is 0.653. The Morgan fingerprint density at radius 3 is 2.77 bits per heavy atom. The van der Waals surface area contributed by atoms with Crippen molar-refractivity contribution in [1.29, 1.82) is 0 Å².